The summed E-state index contributed by atoms with van der Waals surface area (Å²) in [6.45, 7) is 3.79. The third-order valence-electron chi connectivity index (χ3n) is 4.50. The largest absolute Gasteiger partial charge is 0.321 e. The Morgan fingerprint density at radius 1 is 1.16 bits per heavy atom. The third kappa shape index (κ3) is 4.89. The summed E-state index contributed by atoms with van der Waals surface area (Å²) in [7, 11) is 0. The Morgan fingerprint density at radius 3 is 2.68 bits per heavy atom. The van der Waals surface area contributed by atoms with Gasteiger partial charge in [-0.25, -0.2) is 9.07 Å². The molecule has 0 aliphatic carbocycles. The van der Waals surface area contributed by atoms with Gasteiger partial charge in [0.15, 0.2) is 4.34 Å². The highest BCUT2D eigenvalue weighted by molar-refractivity contribution is 8.01. The summed E-state index contributed by atoms with van der Waals surface area (Å²) in [5.74, 6) is -0.551. The first-order chi connectivity index (χ1) is 15.0. The van der Waals surface area contributed by atoms with Gasteiger partial charge < -0.3 is 5.32 Å². The van der Waals surface area contributed by atoms with Crippen molar-refractivity contribution in [3.05, 3.63) is 82.9 Å². The summed E-state index contributed by atoms with van der Waals surface area (Å²) in [6, 6.07) is 13.7. The van der Waals surface area contributed by atoms with Gasteiger partial charge in [0.25, 0.3) is 0 Å². The van der Waals surface area contributed by atoms with Crippen LogP contribution in [0.15, 0.2) is 69.4 Å². The van der Waals surface area contributed by atoms with Gasteiger partial charge in [-0.1, -0.05) is 35.2 Å². The maximum Gasteiger partial charge on any atom is 0.248 e. The van der Waals surface area contributed by atoms with E-state index in [4.69, 9.17) is 0 Å². The molecule has 1 amide bonds. The average molecular weight is 452 g/mol. The van der Waals surface area contributed by atoms with Crippen molar-refractivity contribution in [1.29, 1.82) is 0 Å². The lowest BCUT2D eigenvalue weighted by Crippen LogP contribution is -2.08. The van der Waals surface area contributed by atoms with Crippen LogP contribution in [0.1, 0.15) is 17.0 Å². The van der Waals surface area contributed by atoms with Crippen molar-refractivity contribution in [3.8, 4) is 5.69 Å². The second-order valence-corrected chi connectivity index (χ2v) is 8.72. The molecule has 2 aromatic heterocycles. The van der Waals surface area contributed by atoms with Gasteiger partial charge >= 0.3 is 0 Å². The van der Waals surface area contributed by atoms with Crippen molar-refractivity contribution < 1.29 is 9.18 Å². The predicted octanol–water partition coefficient (Wildman–Crippen LogP) is 5.28. The van der Waals surface area contributed by atoms with E-state index in [0.717, 1.165) is 31.9 Å². The molecule has 6 nitrogen and oxygen atoms in total. The van der Waals surface area contributed by atoms with Crippen molar-refractivity contribution in [3.63, 3.8) is 0 Å². The summed E-state index contributed by atoms with van der Waals surface area (Å²) in [5, 5.41) is 15.3. The van der Waals surface area contributed by atoms with E-state index in [1.54, 1.807) is 28.4 Å². The van der Waals surface area contributed by atoms with Crippen LogP contribution in [-0.4, -0.2) is 25.9 Å². The van der Waals surface area contributed by atoms with Crippen molar-refractivity contribution >= 4 is 40.8 Å². The van der Waals surface area contributed by atoms with Crippen LogP contribution in [0.2, 0.25) is 0 Å². The minimum Gasteiger partial charge on any atom is -0.321 e. The Balaban J connectivity index is 1.51. The SMILES string of the molecule is Cc1nn(-c2ccc(F)cc2)c(C)c1/C=C/C(=O)Nc1ccccc1Sc1nncs1. The number of halogens is 1. The summed E-state index contributed by atoms with van der Waals surface area (Å²) in [4.78, 5) is 13.5. The molecule has 31 heavy (non-hydrogen) atoms. The molecule has 2 aromatic carbocycles. The summed E-state index contributed by atoms with van der Waals surface area (Å²) in [5.41, 5.74) is 5.61. The molecule has 0 aliphatic heterocycles. The fraction of sp³-hybridized carbons (Fsp3) is 0.0909. The molecule has 0 radical (unpaired) electrons. The normalized spacial score (nSPS) is 11.2. The van der Waals surface area contributed by atoms with E-state index >= 15 is 0 Å². The molecule has 0 saturated carbocycles. The van der Waals surface area contributed by atoms with Crippen LogP contribution < -0.4 is 5.32 Å². The van der Waals surface area contributed by atoms with Crippen molar-refractivity contribution in [2.45, 2.75) is 23.1 Å². The number of aryl methyl sites for hydroxylation is 1. The van der Waals surface area contributed by atoms with E-state index in [1.807, 2.05) is 38.1 Å². The van der Waals surface area contributed by atoms with Crippen molar-refractivity contribution in [2.24, 2.45) is 0 Å². The van der Waals surface area contributed by atoms with Gasteiger partial charge in [0.2, 0.25) is 5.91 Å². The molecule has 156 valence electrons. The van der Waals surface area contributed by atoms with E-state index in [0.29, 0.717) is 5.69 Å². The number of nitrogens with one attached hydrogen (secondary N) is 1. The van der Waals surface area contributed by atoms with Gasteiger partial charge in [0.1, 0.15) is 11.3 Å². The number of carbonyl (C=O) groups is 1. The quantitative estimate of drug-likeness (QED) is 0.404. The van der Waals surface area contributed by atoms with Gasteiger partial charge in [-0.05, 0) is 56.3 Å². The fourth-order valence-corrected chi connectivity index (χ4v) is 4.54. The number of aromatic nitrogens is 4. The maximum absolute atomic E-state index is 13.2. The second-order valence-electron chi connectivity index (χ2n) is 6.60. The Morgan fingerprint density at radius 2 is 1.94 bits per heavy atom. The Hall–Kier alpha value is -3.30. The highest BCUT2D eigenvalue weighted by Gasteiger charge is 2.12. The number of para-hydroxylation sites is 1. The lowest BCUT2D eigenvalue weighted by atomic mass is 10.2. The molecule has 4 aromatic rings. The Kier molecular flexibility index (Phi) is 6.24. The maximum atomic E-state index is 13.2. The number of rotatable bonds is 6. The van der Waals surface area contributed by atoms with Crippen LogP contribution in [0.3, 0.4) is 0 Å². The first-order valence-electron chi connectivity index (χ1n) is 9.35. The molecule has 9 heteroatoms. The molecule has 0 fully saturated rings. The smallest absolute Gasteiger partial charge is 0.248 e. The molecular formula is C22H18FN5OS2. The van der Waals surface area contributed by atoms with Crippen molar-refractivity contribution in [1.82, 2.24) is 20.0 Å². The van der Waals surface area contributed by atoms with Gasteiger partial charge in [0, 0.05) is 22.2 Å². The Labute approximate surface area is 186 Å². The van der Waals surface area contributed by atoms with E-state index in [2.05, 4.69) is 20.6 Å². The number of nitrogens with zero attached hydrogens (tertiary/aromatic N) is 4. The summed E-state index contributed by atoms with van der Waals surface area (Å²) < 4.78 is 15.8. The summed E-state index contributed by atoms with van der Waals surface area (Å²) in [6.07, 6.45) is 3.23. The average Bonchev–Trinajstić information content (AvgIpc) is 3.36. The number of hydrogen-bond acceptors (Lipinski definition) is 6. The number of anilines is 1. The van der Waals surface area contributed by atoms with Crippen LogP contribution in [0.25, 0.3) is 11.8 Å². The molecular weight excluding hydrogens is 433 g/mol. The van der Waals surface area contributed by atoms with E-state index < -0.39 is 0 Å². The third-order valence-corrected chi connectivity index (χ3v) is 6.36. The molecule has 0 aliphatic rings. The zero-order valence-electron chi connectivity index (χ0n) is 16.7. The topological polar surface area (TPSA) is 72.7 Å². The number of hydrogen-bond donors (Lipinski definition) is 1. The van der Waals surface area contributed by atoms with E-state index in [1.165, 1.54) is 41.3 Å². The summed E-state index contributed by atoms with van der Waals surface area (Å²) >= 11 is 2.89. The standard InChI is InChI=1S/C22H18FN5OS2/c1-14-18(15(2)28(27-14)17-9-7-16(23)8-10-17)11-12-21(29)25-19-5-3-4-6-20(19)31-22-26-24-13-30-22/h3-13H,1-2H3,(H,25,29)/b12-11+. The van der Waals surface area contributed by atoms with Gasteiger partial charge in [0.05, 0.1) is 17.1 Å². The molecule has 0 bridgehead atoms. The molecule has 0 saturated heterocycles. The molecule has 0 spiro atoms. The lowest BCUT2D eigenvalue weighted by molar-refractivity contribution is -0.111. The first kappa shape index (κ1) is 21.0. The minimum absolute atomic E-state index is 0.251. The molecule has 4 rings (SSSR count). The van der Waals surface area contributed by atoms with Gasteiger partial charge in [-0.2, -0.15) is 5.10 Å². The van der Waals surface area contributed by atoms with Crippen LogP contribution >= 0.6 is 23.1 Å². The van der Waals surface area contributed by atoms with Crippen LogP contribution in [-0.2, 0) is 4.79 Å². The lowest BCUT2D eigenvalue weighted by Gasteiger charge is -2.07. The monoisotopic (exact) mass is 451 g/mol. The number of amides is 1. The predicted molar refractivity (Wildman–Crippen MR) is 121 cm³/mol. The van der Waals surface area contributed by atoms with E-state index in [-0.39, 0.29) is 11.7 Å². The zero-order chi connectivity index (χ0) is 21.8. The van der Waals surface area contributed by atoms with Gasteiger partial charge in [-0.15, -0.1) is 10.2 Å². The molecule has 1 N–H and O–H groups in total. The number of benzene rings is 2. The first-order valence-corrected chi connectivity index (χ1v) is 11.0. The van der Waals surface area contributed by atoms with E-state index in [9.17, 15) is 9.18 Å². The molecule has 0 unspecified atom stereocenters. The molecule has 2 heterocycles. The van der Waals surface area contributed by atoms with Crippen LogP contribution in [0.4, 0.5) is 10.1 Å². The zero-order valence-corrected chi connectivity index (χ0v) is 18.4. The highest BCUT2D eigenvalue weighted by atomic mass is 32.2. The van der Waals surface area contributed by atoms with Gasteiger partial charge in [-0.3, -0.25) is 4.79 Å². The minimum atomic E-state index is -0.299. The van der Waals surface area contributed by atoms with Crippen LogP contribution in [0, 0.1) is 19.7 Å². The fourth-order valence-electron chi connectivity index (χ4n) is 3.02. The van der Waals surface area contributed by atoms with Crippen molar-refractivity contribution in [2.75, 3.05) is 5.32 Å². The molecule has 0 atom stereocenters. The second kappa shape index (κ2) is 9.23. The highest BCUT2D eigenvalue weighted by Crippen LogP contribution is 2.33. The Bertz CT molecular complexity index is 1230. The van der Waals surface area contributed by atoms with Crippen LogP contribution in [0.5, 0.6) is 0 Å². The number of carbonyl (C=O) groups excluding carboxylic acids is 1.